The lowest BCUT2D eigenvalue weighted by Crippen LogP contribution is -2.24. The van der Waals surface area contributed by atoms with E-state index in [1.807, 2.05) is 24.3 Å². The van der Waals surface area contributed by atoms with Gasteiger partial charge in [-0.05, 0) is 35.8 Å². The summed E-state index contributed by atoms with van der Waals surface area (Å²) in [5.74, 6) is 1.08. The highest BCUT2D eigenvalue weighted by atomic mass is 16.5. The number of phenolic OH excluding ortho intramolecular Hbond substituents is 1. The Bertz CT molecular complexity index is 795. The van der Waals surface area contributed by atoms with E-state index >= 15 is 0 Å². The van der Waals surface area contributed by atoms with E-state index in [0.717, 1.165) is 40.4 Å². The topological polar surface area (TPSA) is 38.7 Å². The van der Waals surface area contributed by atoms with E-state index in [4.69, 9.17) is 9.47 Å². The number of ether oxygens (including phenoxy) is 2. The molecule has 0 atom stereocenters. The Kier molecular flexibility index (Phi) is 2.54. The van der Waals surface area contributed by atoms with Crippen LogP contribution in [0.5, 0.6) is 11.5 Å². The SMILES string of the molecule is Oc1cc2c(c3c1=C1COCCC1=CC=C3)OC=CC=2. The standard InChI is InChI=1S/C17H14O3/c18-15-9-12-4-2-7-20-17(12)13-5-1-3-11-6-8-19-10-14(11)16(13)15/h1-5,7,9,18H,6,8,10H2. The van der Waals surface area contributed by atoms with Crippen LogP contribution in [0.25, 0.3) is 17.7 Å². The van der Waals surface area contributed by atoms with E-state index in [9.17, 15) is 5.11 Å². The summed E-state index contributed by atoms with van der Waals surface area (Å²) in [5.41, 5.74) is 3.22. The number of hydrogen-bond donors (Lipinski definition) is 1. The number of fused-ring (bicyclic) bond motifs is 4. The first-order valence-corrected chi connectivity index (χ1v) is 6.72. The van der Waals surface area contributed by atoms with Crippen molar-refractivity contribution in [2.45, 2.75) is 6.42 Å². The second-order valence-corrected chi connectivity index (χ2v) is 5.05. The Hall–Kier alpha value is -2.26. The Morgan fingerprint density at radius 1 is 1.15 bits per heavy atom. The number of allylic oxidation sites excluding steroid dienone is 3. The predicted octanol–water partition coefficient (Wildman–Crippen LogP) is 1.60. The molecule has 1 N–H and O–H groups in total. The van der Waals surface area contributed by atoms with Gasteiger partial charge in [0, 0.05) is 16.0 Å². The van der Waals surface area contributed by atoms with Gasteiger partial charge in [-0.15, -0.1) is 0 Å². The summed E-state index contributed by atoms with van der Waals surface area (Å²) >= 11 is 0. The molecule has 1 aliphatic carbocycles. The molecule has 0 unspecified atom stereocenters. The molecule has 0 bridgehead atoms. The Morgan fingerprint density at radius 3 is 3.05 bits per heavy atom. The van der Waals surface area contributed by atoms with Gasteiger partial charge in [-0.25, -0.2) is 0 Å². The maximum atomic E-state index is 10.4. The fourth-order valence-corrected chi connectivity index (χ4v) is 2.95. The van der Waals surface area contributed by atoms with Gasteiger partial charge in [0.2, 0.25) is 0 Å². The van der Waals surface area contributed by atoms with Gasteiger partial charge in [0.25, 0.3) is 0 Å². The van der Waals surface area contributed by atoms with Crippen LogP contribution in [-0.4, -0.2) is 18.3 Å². The van der Waals surface area contributed by atoms with Crippen LogP contribution in [0.4, 0.5) is 0 Å². The Labute approximate surface area is 116 Å². The van der Waals surface area contributed by atoms with Crippen LogP contribution in [0.3, 0.4) is 0 Å². The number of aromatic hydroxyl groups is 1. The molecule has 0 amide bonds. The Morgan fingerprint density at radius 2 is 2.10 bits per heavy atom. The van der Waals surface area contributed by atoms with Crippen LogP contribution >= 0.6 is 0 Å². The highest BCUT2D eigenvalue weighted by Crippen LogP contribution is 2.27. The molecule has 1 saturated heterocycles. The third kappa shape index (κ3) is 1.63. The third-order valence-corrected chi connectivity index (χ3v) is 3.88. The van der Waals surface area contributed by atoms with E-state index in [-0.39, 0.29) is 5.75 Å². The van der Waals surface area contributed by atoms with Crippen molar-refractivity contribution in [3.05, 3.63) is 52.1 Å². The maximum Gasteiger partial charge on any atom is 0.141 e. The molecule has 0 radical (unpaired) electrons. The minimum absolute atomic E-state index is 0.284. The van der Waals surface area contributed by atoms with Crippen molar-refractivity contribution < 1.29 is 14.6 Å². The second kappa shape index (κ2) is 4.39. The molecule has 3 heteroatoms. The summed E-state index contributed by atoms with van der Waals surface area (Å²) in [5, 5.41) is 12.2. The van der Waals surface area contributed by atoms with E-state index in [2.05, 4.69) is 6.08 Å². The summed E-state index contributed by atoms with van der Waals surface area (Å²) in [6, 6.07) is 1.76. The molecular weight excluding hydrogens is 252 g/mol. The van der Waals surface area contributed by atoms with Crippen LogP contribution in [0.2, 0.25) is 0 Å². The first-order valence-electron chi connectivity index (χ1n) is 6.72. The van der Waals surface area contributed by atoms with Crippen molar-refractivity contribution in [2.75, 3.05) is 13.2 Å². The predicted molar refractivity (Wildman–Crippen MR) is 77.6 cm³/mol. The molecule has 20 heavy (non-hydrogen) atoms. The van der Waals surface area contributed by atoms with Crippen molar-refractivity contribution in [3.63, 3.8) is 0 Å². The van der Waals surface area contributed by atoms with Gasteiger partial charge in [-0.3, -0.25) is 0 Å². The van der Waals surface area contributed by atoms with Crippen molar-refractivity contribution in [2.24, 2.45) is 0 Å². The molecule has 1 aromatic rings. The van der Waals surface area contributed by atoms with Gasteiger partial charge >= 0.3 is 0 Å². The maximum absolute atomic E-state index is 10.4. The first kappa shape index (κ1) is 11.6. The lowest BCUT2D eigenvalue weighted by atomic mass is 9.96. The zero-order valence-corrected chi connectivity index (χ0v) is 10.9. The minimum Gasteiger partial charge on any atom is -0.507 e. The summed E-state index contributed by atoms with van der Waals surface area (Å²) in [6.45, 7) is 1.27. The van der Waals surface area contributed by atoms with Crippen molar-refractivity contribution in [1.82, 2.24) is 0 Å². The molecule has 0 spiro atoms. The monoisotopic (exact) mass is 266 g/mol. The first-order chi connectivity index (χ1) is 9.84. The van der Waals surface area contributed by atoms with Crippen molar-refractivity contribution in [1.29, 1.82) is 0 Å². The van der Waals surface area contributed by atoms with E-state index in [1.54, 1.807) is 12.3 Å². The number of rotatable bonds is 0. The van der Waals surface area contributed by atoms with Gasteiger partial charge in [-0.2, -0.15) is 0 Å². The molecule has 100 valence electrons. The van der Waals surface area contributed by atoms with Gasteiger partial charge in [0.15, 0.2) is 0 Å². The summed E-state index contributed by atoms with van der Waals surface area (Å²) in [4.78, 5) is 0. The molecule has 0 saturated carbocycles. The van der Waals surface area contributed by atoms with Gasteiger partial charge in [0.05, 0.1) is 19.5 Å². The lowest BCUT2D eigenvalue weighted by molar-refractivity contribution is 0.159. The number of phenols is 1. The summed E-state index contributed by atoms with van der Waals surface area (Å²) in [7, 11) is 0. The highest BCUT2D eigenvalue weighted by molar-refractivity contribution is 5.77. The fourth-order valence-electron chi connectivity index (χ4n) is 2.95. The largest absolute Gasteiger partial charge is 0.507 e. The van der Waals surface area contributed by atoms with E-state index < -0.39 is 0 Å². The number of hydrogen-bond acceptors (Lipinski definition) is 3. The lowest BCUT2D eigenvalue weighted by Gasteiger charge is -2.20. The van der Waals surface area contributed by atoms with Crippen LogP contribution in [-0.2, 0) is 4.74 Å². The molecular formula is C17H14O3. The molecule has 2 heterocycles. The molecule has 2 aliphatic heterocycles. The molecule has 3 aliphatic rings. The normalized spacial score (nSPS) is 19.0. The zero-order chi connectivity index (χ0) is 13.5. The molecule has 1 fully saturated rings. The smallest absolute Gasteiger partial charge is 0.141 e. The van der Waals surface area contributed by atoms with Crippen LogP contribution in [0, 0.1) is 0 Å². The van der Waals surface area contributed by atoms with Crippen LogP contribution in [0.15, 0.2) is 36.1 Å². The average Bonchev–Trinajstić information content (AvgIpc) is 2.67. The number of benzene rings is 1. The average molecular weight is 266 g/mol. The fraction of sp³-hybridized carbons (Fsp3) is 0.176. The summed E-state index contributed by atoms with van der Waals surface area (Å²) in [6.07, 6.45) is 12.4. The van der Waals surface area contributed by atoms with Crippen molar-refractivity contribution in [3.8, 4) is 11.5 Å². The molecule has 1 aromatic carbocycles. The molecule has 4 rings (SSSR count). The van der Waals surface area contributed by atoms with E-state index in [0.29, 0.717) is 6.61 Å². The molecule has 0 aromatic heterocycles. The minimum atomic E-state index is 0.284. The van der Waals surface area contributed by atoms with Gasteiger partial charge < -0.3 is 14.6 Å². The third-order valence-electron chi connectivity index (χ3n) is 3.88. The van der Waals surface area contributed by atoms with Crippen LogP contribution < -0.4 is 15.2 Å². The molecule has 3 nitrogen and oxygen atoms in total. The van der Waals surface area contributed by atoms with Gasteiger partial charge in [0.1, 0.15) is 11.5 Å². The zero-order valence-electron chi connectivity index (χ0n) is 10.9. The summed E-state index contributed by atoms with van der Waals surface area (Å²) < 4.78 is 11.2. The van der Waals surface area contributed by atoms with Crippen LogP contribution in [0.1, 0.15) is 12.0 Å². The highest BCUT2D eigenvalue weighted by Gasteiger charge is 2.20. The van der Waals surface area contributed by atoms with Crippen molar-refractivity contribution >= 4 is 17.7 Å². The Balaban J connectivity index is 2.14. The second-order valence-electron chi connectivity index (χ2n) is 5.05. The van der Waals surface area contributed by atoms with Gasteiger partial charge in [-0.1, -0.05) is 18.2 Å². The van der Waals surface area contributed by atoms with E-state index in [1.165, 1.54) is 5.57 Å². The quantitative estimate of drug-likeness (QED) is 0.775.